The molecule has 0 radical (unpaired) electrons. The van der Waals surface area contributed by atoms with Crippen LogP contribution in [0, 0.1) is 5.92 Å². The second-order valence-corrected chi connectivity index (χ2v) is 8.82. The van der Waals surface area contributed by atoms with Crippen LogP contribution in [0.3, 0.4) is 0 Å². The number of esters is 1. The number of Topliss-reactive ketones (excluding diaryl/α,β-unsaturated/α-hetero) is 1. The molecule has 35 heavy (non-hydrogen) atoms. The van der Waals surface area contributed by atoms with E-state index in [2.05, 4.69) is 28.2 Å². The topological polar surface area (TPSA) is 160 Å². The molecule has 0 saturated heterocycles. The second kappa shape index (κ2) is 19.3. The number of hydrogen-bond acceptors (Lipinski definition) is 7. The van der Waals surface area contributed by atoms with E-state index in [0.29, 0.717) is 0 Å². The van der Waals surface area contributed by atoms with Crippen LogP contribution in [0.2, 0.25) is 0 Å². The van der Waals surface area contributed by atoms with Gasteiger partial charge in [-0.15, -0.1) is 0 Å². The summed E-state index contributed by atoms with van der Waals surface area (Å²) in [5.74, 6) is -2.30. The highest BCUT2D eigenvalue weighted by Crippen LogP contribution is 2.04. The Balaban J connectivity index is 0. The summed E-state index contributed by atoms with van der Waals surface area (Å²) in [4.78, 5) is 68.9. The molecule has 11 heteroatoms. The molecule has 0 aromatic heterocycles. The molecular formula is C24H44N4O7. The third-order valence-electron chi connectivity index (χ3n) is 4.39. The molecule has 0 spiro atoms. The normalized spacial score (nSPS) is 11.9. The minimum atomic E-state index is -0.975. The molecule has 0 aromatic carbocycles. The third kappa shape index (κ3) is 20.1. The Morgan fingerprint density at radius 1 is 0.829 bits per heavy atom. The van der Waals surface area contributed by atoms with Crippen LogP contribution in [0.25, 0.3) is 0 Å². The van der Waals surface area contributed by atoms with Gasteiger partial charge < -0.3 is 30.8 Å². The minimum Gasteiger partial charge on any atom is -0.461 e. The lowest BCUT2D eigenvalue weighted by Gasteiger charge is -2.22. The van der Waals surface area contributed by atoms with Gasteiger partial charge in [0.25, 0.3) is 0 Å². The van der Waals surface area contributed by atoms with E-state index in [4.69, 9.17) is 4.74 Å². The van der Waals surface area contributed by atoms with E-state index >= 15 is 0 Å². The Labute approximate surface area is 208 Å². The van der Waals surface area contributed by atoms with Gasteiger partial charge in [-0.05, 0) is 39.5 Å². The average molecular weight is 501 g/mol. The van der Waals surface area contributed by atoms with Gasteiger partial charge in [0, 0.05) is 26.8 Å². The number of nitrogens with one attached hydrogen (secondary N) is 4. The van der Waals surface area contributed by atoms with Crippen molar-refractivity contribution in [3.05, 3.63) is 0 Å². The average Bonchev–Trinajstić information content (AvgIpc) is 2.72. The zero-order valence-electron chi connectivity index (χ0n) is 22.4. The van der Waals surface area contributed by atoms with E-state index in [1.54, 1.807) is 27.7 Å². The smallest absolute Gasteiger partial charge is 0.328 e. The second-order valence-electron chi connectivity index (χ2n) is 8.82. The van der Waals surface area contributed by atoms with E-state index in [1.165, 1.54) is 20.8 Å². The zero-order chi connectivity index (χ0) is 27.6. The maximum absolute atomic E-state index is 12.2. The molecule has 4 N–H and O–H groups in total. The van der Waals surface area contributed by atoms with Gasteiger partial charge in [0.05, 0.1) is 12.6 Å². The molecule has 0 heterocycles. The highest BCUT2D eigenvalue weighted by Gasteiger charge is 2.26. The lowest BCUT2D eigenvalue weighted by atomic mass is 10.0. The Kier molecular flexibility index (Phi) is 18.9. The van der Waals surface area contributed by atoms with Crippen molar-refractivity contribution >= 4 is 35.4 Å². The van der Waals surface area contributed by atoms with Crippen molar-refractivity contribution in [1.29, 1.82) is 0 Å². The summed E-state index contributed by atoms with van der Waals surface area (Å²) in [6.45, 7) is 13.7. The fourth-order valence-electron chi connectivity index (χ4n) is 2.63. The number of amides is 4. The fourth-order valence-corrected chi connectivity index (χ4v) is 2.63. The van der Waals surface area contributed by atoms with Crippen LogP contribution in [0.1, 0.15) is 81.1 Å². The molecule has 0 aromatic rings. The Morgan fingerprint density at radius 2 is 1.43 bits per heavy atom. The maximum atomic E-state index is 12.2. The summed E-state index contributed by atoms with van der Waals surface area (Å²) in [6.07, 6.45) is 2.09. The SMILES string of the molecule is CC(=O)CCC(NC(=O)CNC(=O)C(NC(C)=O)C(C)C)C(=O)OC(C)C.CCCCNC(C)=O. The summed E-state index contributed by atoms with van der Waals surface area (Å²) in [5.41, 5.74) is 0. The number of unbranched alkanes of at least 4 members (excludes halogenated alkanes) is 1. The van der Waals surface area contributed by atoms with Crippen LogP contribution >= 0.6 is 0 Å². The number of hydrogen-bond donors (Lipinski definition) is 4. The van der Waals surface area contributed by atoms with Crippen LogP contribution < -0.4 is 21.3 Å². The molecule has 0 saturated carbocycles. The van der Waals surface area contributed by atoms with Crippen molar-refractivity contribution in [2.24, 2.45) is 5.92 Å². The van der Waals surface area contributed by atoms with Gasteiger partial charge in [0.2, 0.25) is 23.6 Å². The van der Waals surface area contributed by atoms with Gasteiger partial charge in [0.15, 0.2) is 0 Å². The maximum Gasteiger partial charge on any atom is 0.328 e. The van der Waals surface area contributed by atoms with Gasteiger partial charge in [-0.3, -0.25) is 19.2 Å². The lowest BCUT2D eigenvalue weighted by molar-refractivity contribution is -0.151. The molecule has 0 aliphatic carbocycles. The molecule has 4 amide bonds. The van der Waals surface area contributed by atoms with Crippen LogP contribution in [0.15, 0.2) is 0 Å². The molecule has 2 unspecified atom stereocenters. The zero-order valence-corrected chi connectivity index (χ0v) is 22.4. The van der Waals surface area contributed by atoms with Crippen LogP contribution in [0.4, 0.5) is 0 Å². The molecule has 0 rings (SSSR count). The summed E-state index contributed by atoms with van der Waals surface area (Å²) in [6, 6.07) is -1.74. The van der Waals surface area contributed by atoms with E-state index in [0.717, 1.165) is 19.4 Å². The predicted molar refractivity (Wildman–Crippen MR) is 132 cm³/mol. The first-order valence-corrected chi connectivity index (χ1v) is 12.0. The Hall–Kier alpha value is -2.98. The van der Waals surface area contributed by atoms with Gasteiger partial charge in [0.1, 0.15) is 17.9 Å². The first kappa shape index (κ1) is 34.2. The first-order chi connectivity index (χ1) is 16.2. The molecule has 202 valence electrons. The van der Waals surface area contributed by atoms with Crippen molar-refractivity contribution < 1.29 is 33.5 Å². The molecule has 2 atom stereocenters. The number of rotatable bonds is 14. The summed E-state index contributed by atoms with van der Waals surface area (Å²) in [7, 11) is 0. The van der Waals surface area contributed by atoms with Crippen molar-refractivity contribution in [1.82, 2.24) is 21.3 Å². The van der Waals surface area contributed by atoms with Crippen LogP contribution in [-0.4, -0.2) is 66.7 Å². The van der Waals surface area contributed by atoms with Crippen molar-refractivity contribution in [2.75, 3.05) is 13.1 Å². The van der Waals surface area contributed by atoms with Crippen molar-refractivity contribution in [3.8, 4) is 0 Å². The van der Waals surface area contributed by atoms with Gasteiger partial charge in [-0.1, -0.05) is 27.2 Å². The highest BCUT2D eigenvalue weighted by atomic mass is 16.5. The molecule has 11 nitrogen and oxygen atoms in total. The van der Waals surface area contributed by atoms with E-state index in [-0.39, 0.29) is 49.0 Å². The number of carbonyl (C=O) groups excluding carboxylic acids is 6. The molecule has 0 aliphatic rings. The van der Waals surface area contributed by atoms with Crippen molar-refractivity contribution in [3.63, 3.8) is 0 Å². The first-order valence-electron chi connectivity index (χ1n) is 12.0. The highest BCUT2D eigenvalue weighted by molar-refractivity contribution is 5.91. The Morgan fingerprint density at radius 3 is 1.86 bits per heavy atom. The van der Waals surface area contributed by atoms with Gasteiger partial charge >= 0.3 is 5.97 Å². The van der Waals surface area contributed by atoms with E-state index in [9.17, 15) is 28.8 Å². The summed E-state index contributed by atoms with van der Waals surface area (Å²) in [5, 5.41) is 10.1. The van der Waals surface area contributed by atoms with Crippen LogP contribution in [0.5, 0.6) is 0 Å². The minimum absolute atomic E-state index is 0.0680. The number of carbonyl (C=O) groups is 6. The molecule has 0 fully saturated rings. The third-order valence-corrected chi connectivity index (χ3v) is 4.39. The van der Waals surface area contributed by atoms with Crippen molar-refractivity contribution in [2.45, 2.75) is 99.3 Å². The Bertz CT molecular complexity index is 708. The summed E-state index contributed by atoms with van der Waals surface area (Å²) >= 11 is 0. The number of ether oxygens (including phenoxy) is 1. The van der Waals surface area contributed by atoms with E-state index in [1.807, 2.05) is 0 Å². The fraction of sp³-hybridized carbons (Fsp3) is 0.750. The lowest BCUT2D eigenvalue weighted by Crippen LogP contribution is -2.52. The van der Waals surface area contributed by atoms with E-state index < -0.39 is 29.9 Å². The molecular weight excluding hydrogens is 456 g/mol. The predicted octanol–water partition coefficient (Wildman–Crippen LogP) is 0.992. The van der Waals surface area contributed by atoms with Crippen LogP contribution in [-0.2, 0) is 33.5 Å². The standard InChI is InChI=1S/C18H31N3O6.C6H13NO/c1-10(2)16(20-13(6)23)17(25)19-9-15(24)21-14(8-7-12(5)22)18(26)27-11(3)4;1-3-4-5-7-6(2)8/h10-11,14,16H,7-9H2,1-6H3,(H,19,25)(H,20,23)(H,21,24);3-5H2,1-2H3,(H,7,8). The van der Waals surface area contributed by atoms with Gasteiger partial charge in [-0.2, -0.15) is 0 Å². The van der Waals surface area contributed by atoms with Gasteiger partial charge in [-0.25, -0.2) is 4.79 Å². The molecule has 0 bridgehead atoms. The quantitative estimate of drug-likeness (QED) is 0.204. The largest absolute Gasteiger partial charge is 0.461 e. The summed E-state index contributed by atoms with van der Waals surface area (Å²) < 4.78 is 5.08. The molecule has 0 aliphatic heterocycles. The monoisotopic (exact) mass is 500 g/mol. The number of ketones is 1.